The Hall–Kier alpha value is -1.66. The number of benzene rings is 1. The Labute approximate surface area is 132 Å². The molecule has 1 aromatic heterocycles. The van der Waals surface area contributed by atoms with Crippen molar-refractivity contribution >= 4 is 34.8 Å². The third-order valence-corrected chi connectivity index (χ3v) is 5.60. The normalized spacial score (nSPS) is 17.8. The highest BCUT2D eigenvalue weighted by Crippen LogP contribution is 2.40. The third-order valence-electron chi connectivity index (χ3n) is 3.28. The van der Waals surface area contributed by atoms with Gasteiger partial charge in [0.2, 0.25) is 0 Å². The monoisotopic (exact) mass is 320 g/mol. The number of anilines is 1. The standard InChI is InChI=1S/C15H16N2O2S2/c1-19-12-6-4-11(5-7-12)16-15(18)17-8-10-21-14(17)13-3-2-9-20-13/h2-7,9,14H,8,10H2,1H3,(H,16,18). The zero-order chi connectivity index (χ0) is 14.7. The minimum atomic E-state index is -0.0523. The van der Waals surface area contributed by atoms with Crippen molar-refractivity contribution in [3.63, 3.8) is 0 Å². The second kappa shape index (κ2) is 6.41. The number of carbonyl (C=O) groups excluding carboxylic acids is 1. The summed E-state index contributed by atoms with van der Waals surface area (Å²) in [6.07, 6.45) is 0. The van der Waals surface area contributed by atoms with Gasteiger partial charge < -0.3 is 15.0 Å². The van der Waals surface area contributed by atoms with Crippen LogP contribution >= 0.6 is 23.1 Å². The van der Waals surface area contributed by atoms with Gasteiger partial charge >= 0.3 is 6.03 Å². The van der Waals surface area contributed by atoms with E-state index in [0.717, 1.165) is 23.7 Å². The molecule has 4 nitrogen and oxygen atoms in total. The van der Waals surface area contributed by atoms with E-state index in [2.05, 4.69) is 11.4 Å². The lowest BCUT2D eigenvalue weighted by Crippen LogP contribution is -2.34. The molecule has 1 saturated heterocycles. The largest absolute Gasteiger partial charge is 0.497 e. The molecule has 1 aliphatic heterocycles. The summed E-state index contributed by atoms with van der Waals surface area (Å²) < 4.78 is 5.11. The van der Waals surface area contributed by atoms with Gasteiger partial charge in [0.05, 0.1) is 7.11 Å². The summed E-state index contributed by atoms with van der Waals surface area (Å²) >= 11 is 3.50. The molecule has 2 heterocycles. The molecule has 1 unspecified atom stereocenters. The van der Waals surface area contributed by atoms with E-state index in [1.54, 1.807) is 18.4 Å². The van der Waals surface area contributed by atoms with Crippen LogP contribution in [-0.4, -0.2) is 30.3 Å². The molecule has 3 rings (SSSR count). The molecule has 0 spiro atoms. The second-order valence-electron chi connectivity index (χ2n) is 4.59. The Morgan fingerprint density at radius 1 is 1.33 bits per heavy atom. The van der Waals surface area contributed by atoms with Crippen LogP contribution in [0.25, 0.3) is 0 Å². The van der Waals surface area contributed by atoms with Gasteiger partial charge in [0.1, 0.15) is 11.1 Å². The Bertz CT molecular complexity index is 599. The Morgan fingerprint density at radius 2 is 2.14 bits per heavy atom. The van der Waals surface area contributed by atoms with Crippen LogP contribution in [0.15, 0.2) is 41.8 Å². The van der Waals surface area contributed by atoms with Crippen molar-refractivity contribution < 1.29 is 9.53 Å². The van der Waals surface area contributed by atoms with E-state index in [1.165, 1.54) is 4.88 Å². The number of urea groups is 1. The molecule has 110 valence electrons. The summed E-state index contributed by atoms with van der Waals surface area (Å²) in [7, 11) is 1.63. The first-order valence-corrected chi connectivity index (χ1v) is 8.57. The molecule has 2 amide bonds. The zero-order valence-corrected chi connectivity index (χ0v) is 13.2. The molecule has 0 radical (unpaired) electrons. The number of nitrogens with one attached hydrogen (secondary N) is 1. The number of methoxy groups -OCH3 is 1. The van der Waals surface area contributed by atoms with Crippen molar-refractivity contribution in [3.8, 4) is 5.75 Å². The fraction of sp³-hybridized carbons (Fsp3) is 0.267. The van der Waals surface area contributed by atoms with Gasteiger partial charge in [-0.15, -0.1) is 23.1 Å². The van der Waals surface area contributed by atoms with E-state index < -0.39 is 0 Å². The van der Waals surface area contributed by atoms with Gasteiger partial charge in [0.15, 0.2) is 0 Å². The lowest BCUT2D eigenvalue weighted by atomic mass is 10.3. The molecule has 1 N–H and O–H groups in total. The van der Waals surface area contributed by atoms with E-state index >= 15 is 0 Å². The van der Waals surface area contributed by atoms with E-state index in [1.807, 2.05) is 52.4 Å². The van der Waals surface area contributed by atoms with Crippen molar-refractivity contribution in [3.05, 3.63) is 46.7 Å². The van der Waals surface area contributed by atoms with Crippen LogP contribution in [0.3, 0.4) is 0 Å². The summed E-state index contributed by atoms with van der Waals surface area (Å²) in [6.45, 7) is 0.773. The van der Waals surface area contributed by atoms with E-state index in [0.29, 0.717) is 0 Å². The first kappa shape index (κ1) is 14.3. The van der Waals surface area contributed by atoms with Gasteiger partial charge in [-0.3, -0.25) is 0 Å². The van der Waals surface area contributed by atoms with Crippen molar-refractivity contribution in [2.45, 2.75) is 5.37 Å². The topological polar surface area (TPSA) is 41.6 Å². The molecule has 1 aliphatic rings. The first-order chi connectivity index (χ1) is 10.3. The maximum atomic E-state index is 12.4. The number of thioether (sulfide) groups is 1. The molecule has 0 bridgehead atoms. The lowest BCUT2D eigenvalue weighted by Gasteiger charge is -2.23. The Kier molecular flexibility index (Phi) is 4.36. The fourth-order valence-corrected chi connectivity index (χ4v) is 4.45. The number of ether oxygens (including phenoxy) is 1. The highest BCUT2D eigenvalue weighted by Gasteiger charge is 2.31. The summed E-state index contributed by atoms with van der Waals surface area (Å²) in [6, 6.07) is 11.4. The summed E-state index contributed by atoms with van der Waals surface area (Å²) in [5, 5.41) is 5.13. The third kappa shape index (κ3) is 3.16. The molecule has 1 aromatic carbocycles. The molecule has 1 atom stereocenters. The predicted octanol–water partition coefficient (Wildman–Crippen LogP) is 4.04. The number of hydrogen-bond donors (Lipinski definition) is 1. The van der Waals surface area contributed by atoms with Crippen molar-refractivity contribution in [1.29, 1.82) is 0 Å². The number of thiophene rings is 1. The number of nitrogens with zero attached hydrogens (tertiary/aromatic N) is 1. The average Bonchev–Trinajstić information content (AvgIpc) is 3.18. The molecule has 6 heteroatoms. The Balaban J connectivity index is 1.69. The van der Waals surface area contributed by atoms with Crippen molar-refractivity contribution in [2.24, 2.45) is 0 Å². The average molecular weight is 320 g/mol. The van der Waals surface area contributed by atoms with Gasteiger partial charge in [-0.05, 0) is 35.7 Å². The molecule has 21 heavy (non-hydrogen) atoms. The van der Waals surface area contributed by atoms with Crippen LogP contribution in [0.5, 0.6) is 5.75 Å². The maximum Gasteiger partial charge on any atom is 0.323 e. The Morgan fingerprint density at radius 3 is 2.81 bits per heavy atom. The first-order valence-electron chi connectivity index (χ1n) is 6.64. The lowest BCUT2D eigenvalue weighted by molar-refractivity contribution is 0.215. The minimum Gasteiger partial charge on any atom is -0.497 e. The van der Waals surface area contributed by atoms with Crippen LogP contribution in [0.1, 0.15) is 10.3 Å². The van der Waals surface area contributed by atoms with Crippen LogP contribution in [0.2, 0.25) is 0 Å². The summed E-state index contributed by atoms with van der Waals surface area (Å²) in [5.41, 5.74) is 0.780. The summed E-state index contributed by atoms with van der Waals surface area (Å²) in [5.74, 6) is 1.75. The SMILES string of the molecule is COc1ccc(NC(=O)N2CCSC2c2cccs2)cc1. The predicted molar refractivity (Wildman–Crippen MR) is 88.2 cm³/mol. The number of carbonyl (C=O) groups is 1. The van der Waals surface area contributed by atoms with Crippen molar-refractivity contribution in [2.75, 3.05) is 24.7 Å². The van der Waals surface area contributed by atoms with Crippen LogP contribution in [0.4, 0.5) is 10.5 Å². The van der Waals surface area contributed by atoms with Crippen LogP contribution < -0.4 is 10.1 Å². The second-order valence-corrected chi connectivity index (χ2v) is 6.76. The van der Waals surface area contributed by atoms with E-state index in [9.17, 15) is 4.79 Å². The minimum absolute atomic E-state index is 0.0523. The van der Waals surface area contributed by atoms with E-state index in [-0.39, 0.29) is 11.4 Å². The number of hydrogen-bond acceptors (Lipinski definition) is 4. The van der Waals surface area contributed by atoms with E-state index in [4.69, 9.17) is 4.74 Å². The highest BCUT2D eigenvalue weighted by molar-refractivity contribution is 7.99. The maximum absolute atomic E-state index is 12.4. The van der Waals surface area contributed by atoms with Crippen LogP contribution in [-0.2, 0) is 0 Å². The molecule has 2 aromatic rings. The fourth-order valence-electron chi connectivity index (χ4n) is 2.22. The van der Waals surface area contributed by atoms with Gasteiger partial charge in [-0.25, -0.2) is 4.79 Å². The van der Waals surface area contributed by atoms with Gasteiger partial charge in [0.25, 0.3) is 0 Å². The number of amides is 2. The van der Waals surface area contributed by atoms with Crippen LogP contribution in [0, 0.1) is 0 Å². The smallest absolute Gasteiger partial charge is 0.323 e. The zero-order valence-electron chi connectivity index (χ0n) is 11.6. The summed E-state index contributed by atoms with van der Waals surface area (Å²) in [4.78, 5) is 15.6. The number of rotatable bonds is 3. The molecular weight excluding hydrogens is 304 g/mol. The molecule has 0 aliphatic carbocycles. The van der Waals surface area contributed by atoms with Gasteiger partial charge in [0, 0.05) is 22.9 Å². The van der Waals surface area contributed by atoms with Gasteiger partial charge in [-0.2, -0.15) is 0 Å². The molecular formula is C15H16N2O2S2. The van der Waals surface area contributed by atoms with Gasteiger partial charge in [-0.1, -0.05) is 6.07 Å². The highest BCUT2D eigenvalue weighted by atomic mass is 32.2. The van der Waals surface area contributed by atoms with Crippen molar-refractivity contribution in [1.82, 2.24) is 4.90 Å². The molecule has 0 saturated carbocycles. The molecule has 1 fully saturated rings. The quantitative estimate of drug-likeness (QED) is 0.928.